The summed E-state index contributed by atoms with van der Waals surface area (Å²) in [7, 11) is 0. The fourth-order valence-corrected chi connectivity index (χ4v) is 0.734. The molecule has 0 aliphatic heterocycles. The predicted octanol–water partition coefficient (Wildman–Crippen LogP) is 0.00910. The first-order valence-electron chi connectivity index (χ1n) is 4.44. The molecule has 0 bridgehead atoms. The SMILES string of the molecule is CC(C)[C@@H](N)C(=O)NCC(O)C(F)(F)F. The Balaban J connectivity index is 4.02. The quantitative estimate of drug-likeness (QED) is 0.634. The number of carbonyl (C=O) groups is 1. The molecule has 0 saturated carbocycles. The first-order chi connectivity index (χ1) is 6.66. The smallest absolute Gasteiger partial charge is 0.382 e. The number of carbonyl (C=O) groups excluding carboxylic acids is 1. The van der Waals surface area contributed by atoms with Crippen LogP contribution in [0.25, 0.3) is 0 Å². The molecule has 0 saturated heterocycles. The van der Waals surface area contributed by atoms with Gasteiger partial charge in [0.25, 0.3) is 0 Å². The lowest BCUT2D eigenvalue weighted by Crippen LogP contribution is -2.48. The molecule has 0 aromatic heterocycles. The Labute approximate surface area is 85.6 Å². The Morgan fingerprint density at radius 2 is 1.93 bits per heavy atom. The summed E-state index contributed by atoms with van der Waals surface area (Å²) in [6, 6.07) is -0.870. The maximum absolute atomic E-state index is 11.8. The van der Waals surface area contributed by atoms with Crippen LogP contribution in [-0.2, 0) is 4.79 Å². The van der Waals surface area contributed by atoms with Crippen molar-refractivity contribution in [2.24, 2.45) is 11.7 Å². The third-order valence-corrected chi connectivity index (χ3v) is 1.87. The number of hydrogen-bond acceptors (Lipinski definition) is 3. The molecule has 2 atom stereocenters. The molecule has 7 heteroatoms. The minimum Gasteiger partial charge on any atom is -0.382 e. The van der Waals surface area contributed by atoms with Crippen LogP contribution in [0.1, 0.15) is 13.8 Å². The van der Waals surface area contributed by atoms with Gasteiger partial charge in [-0.15, -0.1) is 0 Å². The lowest BCUT2D eigenvalue weighted by atomic mass is 10.1. The van der Waals surface area contributed by atoms with Gasteiger partial charge in [-0.05, 0) is 5.92 Å². The van der Waals surface area contributed by atoms with Crippen molar-refractivity contribution in [3.05, 3.63) is 0 Å². The number of halogens is 3. The molecule has 0 aliphatic carbocycles. The van der Waals surface area contributed by atoms with Crippen LogP contribution in [0.3, 0.4) is 0 Å². The van der Waals surface area contributed by atoms with E-state index in [1.807, 2.05) is 5.32 Å². The molecule has 0 rings (SSSR count). The minimum atomic E-state index is -4.73. The van der Waals surface area contributed by atoms with Gasteiger partial charge in [0.15, 0.2) is 6.10 Å². The van der Waals surface area contributed by atoms with Gasteiger partial charge in [-0.2, -0.15) is 13.2 Å². The van der Waals surface area contributed by atoms with Gasteiger partial charge < -0.3 is 16.2 Å². The van der Waals surface area contributed by atoms with Crippen molar-refractivity contribution in [1.82, 2.24) is 5.32 Å². The lowest BCUT2D eigenvalue weighted by Gasteiger charge is -2.18. The van der Waals surface area contributed by atoms with Crippen molar-refractivity contribution in [3.63, 3.8) is 0 Å². The van der Waals surface area contributed by atoms with Crippen LogP contribution in [-0.4, -0.2) is 35.9 Å². The molecule has 0 aromatic carbocycles. The maximum atomic E-state index is 11.8. The fraction of sp³-hybridized carbons (Fsp3) is 0.875. The van der Waals surface area contributed by atoms with Crippen LogP contribution in [0.5, 0.6) is 0 Å². The molecule has 0 aromatic rings. The molecule has 4 N–H and O–H groups in total. The zero-order valence-electron chi connectivity index (χ0n) is 8.51. The van der Waals surface area contributed by atoms with Crippen molar-refractivity contribution in [1.29, 1.82) is 0 Å². The van der Waals surface area contributed by atoms with E-state index in [-0.39, 0.29) is 5.92 Å². The van der Waals surface area contributed by atoms with Gasteiger partial charge in [0, 0.05) is 0 Å². The number of alkyl halides is 3. The van der Waals surface area contributed by atoms with E-state index in [2.05, 4.69) is 0 Å². The van der Waals surface area contributed by atoms with E-state index >= 15 is 0 Å². The molecule has 0 fully saturated rings. The van der Waals surface area contributed by atoms with E-state index in [1.54, 1.807) is 13.8 Å². The molecule has 0 aliphatic rings. The predicted molar refractivity (Wildman–Crippen MR) is 47.9 cm³/mol. The van der Waals surface area contributed by atoms with Crippen LogP contribution in [0, 0.1) is 5.92 Å². The highest BCUT2D eigenvalue weighted by molar-refractivity contribution is 5.81. The van der Waals surface area contributed by atoms with Crippen molar-refractivity contribution >= 4 is 5.91 Å². The van der Waals surface area contributed by atoms with Crippen molar-refractivity contribution in [2.45, 2.75) is 32.2 Å². The number of aliphatic hydroxyl groups is 1. The van der Waals surface area contributed by atoms with E-state index in [4.69, 9.17) is 10.8 Å². The fourth-order valence-electron chi connectivity index (χ4n) is 0.734. The van der Waals surface area contributed by atoms with Gasteiger partial charge in [-0.3, -0.25) is 4.79 Å². The summed E-state index contributed by atoms with van der Waals surface area (Å²) in [4.78, 5) is 11.1. The molecule has 1 amide bonds. The van der Waals surface area contributed by atoms with E-state index in [0.717, 1.165) is 0 Å². The Kier molecular flexibility index (Phi) is 5.02. The van der Waals surface area contributed by atoms with Crippen molar-refractivity contribution in [3.8, 4) is 0 Å². The average molecular weight is 228 g/mol. The van der Waals surface area contributed by atoms with Crippen LogP contribution in [0.15, 0.2) is 0 Å². The molecule has 0 spiro atoms. The normalized spacial score (nSPS) is 16.3. The van der Waals surface area contributed by atoms with E-state index in [1.165, 1.54) is 0 Å². The lowest BCUT2D eigenvalue weighted by molar-refractivity contribution is -0.201. The molecule has 1 unspecified atom stereocenters. The van der Waals surface area contributed by atoms with E-state index in [9.17, 15) is 18.0 Å². The van der Waals surface area contributed by atoms with Gasteiger partial charge in [-0.25, -0.2) is 0 Å². The number of nitrogens with two attached hydrogens (primary N) is 1. The van der Waals surface area contributed by atoms with Gasteiger partial charge in [-0.1, -0.05) is 13.8 Å². The van der Waals surface area contributed by atoms with Crippen LogP contribution in [0.2, 0.25) is 0 Å². The van der Waals surface area contributed by atoms with Gasteiger partial charge in [0.05, 0.1) is 12.6 Å². The van der Waals surface area contributed by atoms with Crippen LogP contribution < -0.4 is 11.1 Å². The van der Waals surface area contributed by atoms with Crippen molar-refractivity contribution < 1.29 is 23.1 Å². The van der Waals surface area contributed by atoms with E-state index < -0.39 is 30.8 Å². The Bertz CT molecular complexity index is 218. The maximum Gasteiger partial charge on any atom is 0.416 e. The summed E-state index contributed by atoms with van der Waals surface area (Å²) in [5, 5.41) is 10.5. The number of hydrogen-bond donors (Lipinski definition) is 3. The second kappa shape index (κ2) is 5.32. The summed E-state index contributed by atoms with van der Waals surface area (Å²) in [6.07, 6.45) is -7.28. The number of aliphatic hydroxyl groups excluding tert-OH is 1. The second-order valence-corrected chi connectivity index (χ2v) is 3.57. The highest BCUT2D eigenvalue weighted by Gasteiger charge is 2.38. The summed E-state index contributed by atoms with van der Waals surface area (Å²) in [5.41, 5.74) is 5.38. The van der Waals surface area contributed by atoms with Gasteiger partial charge >= 0.3 is 6.18 Å². The summed E-state index contributed by atoms with van der Waals surface area (Å²) >= 11 is 0. The molecule has 15 heavy (non-hydrogen) atoms. The first-order valence-corrected chi connectivity index (χ1v) is 4.44. The Hall–Kier alpha value is -0.820. The van der Waals surface area contributed by atoms with Crippen LogP contribution in [0.4, 0.5) is 13.2 Å². The van der Waals surface area contributed by atoms with Crippen LogP contribution >= 0.6 is 0 Å². The minimum absolute atomic E-state index is 0.173. The highest BCUT2D eigenvalue weighted by Crippen LogP contribution is 2.19. The summed E-state index contributed by atoms with van der Waals surface area (Å²) < 4.78 is 35.5. The zero-order chi connectivity index (χ0) is 12.2. The molecule has 0 heterocycles. The monoisotopic (exact) mass is 228 g/mol. The number of rotatable bonds is 4. The zero-order valence-corrected chi connectivity index (χ0v) is 8.51. The van der Waals surface area contributed by atoms with Crippen molar-refractivity contribution in [2.75, 3.05) is 6.54 Å². The summed E-state index contributed by atoms with van der Waals surface area (Å²) in [6.45, 7) is 2.47. The summed E-state index contributed by atoms with van der Waals surface area (Å²) in [5.74, 6) is -0.874. The number of amides is 1. The number of nitrogens with one attached hydrogen (secondary N) is 1. The molecule has 0 radical (unpaired) electrons. The van der Waals surface area contributed by atoms with Gasteiger partial charge in [0.1, 0.15) is 0 Å². The molecular weight excluding hydrogens is 213 g/mol. The highest BCUT2D eigenvalue weighted by atomic mass is 19.4. The van der Waals surface area contributed by atoms with Gasteiger partial charge in [0.2, 0.25) is 5.91 Å². The Morgan fingerprint density at radius 1 is 1.47 bits per heavy atom. The third-order valence-electron chi connectivity index (χ3n) is 1.87. The standard InChI is InChI=1S/C8H15F3N2O2/c1-4(2)6(12)7(15)13-3-5(14)8(9,10)11/h4-6,14H,3,12H2,1-2H3,(H,13,15)/t5?,6-/m1/s1. The molecular formula is C8H15F3N2O2. The Morgan fingerprint density at radius 3 is 2.27 bits per heavy atom. The largest absolute Gasteiger partial charge is 0.416 e. The first kappa shape index (κ1) is 14.2. The average Bonchev–Trinajstić information content (AvgIpc) is 2.10. The molecule has 90 valence electrons. The third kappa shape index (κ3) is 4.98. The van der Waals surface area contributed by atoms with E-state index in [0.29, 0.717) is 0 Å². The second-order valence-electron chi connectivity index (χ2n) is 3.57. The topological polar surface area (TPSA) is 75.4 Å². The molecule has 4 nitrogen and oxygen atoms in total.